The smallest absolute Gasteiger partial charge is 0.175 e. The van der Waals surface area contributed by atoms with E-state index < -0.39 is 0 Å². The molecule has 0 spiro atoms. The fourth-order valence-electron chi connectivity index (χ4n) is 1.56. The fraction of sp³-hybridized carbons (Fsp3) is 0.429. The molecule has 0 bridgehead atoms. The van der Waals surface area contributed by atoms with Crippen molar-refractivity contribution in [3.63, 3.8) is 0 Å². The SMILES string of the molecule is C=C(Cl)CNCc1cc(Br)c(OCCC)c(OC)c1. The third-order valence-electron chi connectivity index (χ3n) is 2.39. The van der Waals surface area contributed by atoms with Gasteiger partial charge in [-0.15, -0.1) is 0 Å². The van der Waals surface area contributed by atoms with Gasteiger partial charge < -0.3 is 14.8 Å². The number of benzene rings is 1. The van der Waals surface area contributed by atoms with Crippen LogP contribution in [-0.4, -0.2) is 20.3 Å². The summed E-state index contributed by atoms with van der Waals surface area (Å²) in [6.07, 6.45) is 0.955. The van der Waals surface area contributed by atoms with Crippen molar-refractivity contribution in [2.75, 3.05) is 20.3 Å². The summed E-state index contributed by atoms with van der Waals surface area (Å²) in [6.45, 7) is 7.64. The monoisotopic (exact) mass is 347 g/mol. The molecule has 0 unspecified atom stereocenters. The zero-order valence-corrected chi connectivity index (χ0v) is 13.6. The van der Waals surface area contributed by atoms with E-state index in [1.54, 1.807) is 7.11 Å². The van der Waals surface area contributed by atoms with E-state index in [0.717, 1.165) is 28.0 Å². The predicted octanol–water partition coefficient (Wildman–Crippen LogP) is 4.09. The van der Waals surface area contributed by atoms with E-state index in [4.69, 9.17) is 21.1 Å². The second kappa shape index (κ2) is 8.46. The highest BCUT2D eigenvalue weighted by Crippen LogP contribution is 2.36. The van der Waals surface area contributed by atoms with Gasteiger partial charge >= 0.3 is 0 Å². The molecular formula is C14H19BrClNO2. The Hall–Kier alpha value is -0.710. The number of ether oxygens (including phenoxy) is 2. The van der Waals surface area contributed by atoms with E-state index in [1.165, 1.54) is 0 Å². The van der Waals surface area contributed by atoms with Crippen molar-refractivity contribution in [2.24, 2.45) is 0 Å². The van der Waals surface area contributed by atoms with Gasteiger partial charge in [0.15, 0.2) is 11.5 Å². The first kappa shape index (κ1) is 16.3. The molecule has 0 fully saturated rings. The van der Waals surface area contributed by atoms with E-state index in [1.807, 2.05) is 12.1 Å². The lowest BCUT2D eigenvalue weighted by Gasteiger charge is -2.14. The molecule has 1 N–H and O–H groups in total. The van der Waals surface area contributed by atoms with Crippen molar-refractivity contribution in [3.05, 3.63) is 33.8 Å². The van der Waals surface area contributed by atoms with Crippen LogP contribution in [0.25, 0.3) is 0 Å². The molecule has 0 aliphatic rings. The third-order valence-corrected chi connectivity index (χ3v) is 3.11. The molecular weight excluding hydrogens is 330 g/mol. The number of halogens is 2. The van der Waals surface area contributed by atoms with Crippen molar-refractivity contribution in [1.29, 1.82) is 0 Å². The summed E-state index contributed by atoms with van der Waals surface area (Å²) in [4.78, 5) is 0. The maximum Gasteiger partial charge on any atom is 0.175 e. The van der Waals surface area contributed by atoms with Crippen LogP contribution in [0.5, 0.6) is 11.5 Å². The highest BCUT2D eigenvalue weighted by molar-refractivity contribution is 9.10. The number of hydrogen-bond donors (Lipinski definition) is 1. The lowest BCUT2D eigenvalue weighted by Crippen LogP contribution is -2.14. The van der Waals surface area contributed by atoms with Gasteiger partial charge in [0.2, 0.25) is 0 Å². The highest BCUT2D eigenvalue weighted by Gasteiger charge is 2.11. The molecule has 106 valence electrons. The van der Waals surface area contributed by atoms with Crippen LogP contribution in [0.4, 0.5) is 0 Å². The molecule has 0 saturated carbocycles. The maximum atomic E-state index is 5.71. The molecule has 0 saturated heterocycles. The summed E-state index contributed by atoms with van der Waals surface area (Å²) in [5.41, 5.74) is 1.09. The summed E-state index contributed by atoms with van der Waals surface area (Å²) >= 11 is 9.22. The second-order valence-corrected chi connectivity index (χ2v) is 5.47. The zero-order valence-electron chi connectivity index (χ0n) is 11.3. The Bertz CT molecular complexity index is 438. The average molecular weight is 349 g/mol. The van der Waals surface area contributed by atoms with Gasteiger partial charge in [-0.25, -0.2) is 0 Å². The molecule has 0 radical (unpaired) electrons. The van der Waals surface area contributed by atoms with Crippen LogP contribution in [0, 0.1) is 0 Å². The minimum Gasteiger partial charge on any atom is -0.493 e. The van der Waals surface area contributed by atoms with Gasteiger partial charge in [0, 0.05) is 18.1 Å². The van der Waals surface area contributed by atoms with Crippen LogP contribution in [0.2, 0.25) is 0 Å². The van der Waals surface area contributed by atoms with Gasteiger partial charge in [0.05, 0.1) is 18.2 Å². The number of methoxy groups -OCH3 is 1. The first-order valence-electron chi connectivity index (χ1n) is 6.11. The average Bonchev–Trinajstić information content (AvgIpc) is 2.36. The van der Waals surface area contributed by atoms with Gasteiger partial charge in [-0.05, 0) is 40.0 Å². The van der Waals surface area contributed by atoms with Crippen LogP contribution in [0.3, 0.4) is 0 Å². The largest absolute Gasteiger partial charge is 0.493 e. The Morgan fingerprint density at radius 3 is 2.79 bits per heavy atom. The van der Waals surface area contributed by atoms with Crippen molar-refractivity contribution < 1.29 is 9.47 Å². The maximum absolute atomic E-state index is 5.71. The molecule has 19 heavy (non-hydrogen) atoms. The van der Waals surface area contributed by atoms with Gasteiger partial charge in [0.1, 0.15) is 0 Å². The van der Waals surface area contributed by atoms with Crippen LogP contribution >= 0.6 is 27.5 Å². The topological polar surface area (TPSA) is 30.5 Å². The fourth-order valence-corrected chi connectivity index (χ4v) is 2.26. The van der Waals surface area contributed by atoms with Crippen LogP contribution < -0.4 is 14.8 Å². The highest BCUT2D eigenvalue weighted by atomic mass is 79.9. The molecule has 0 aromatic heterocycles. The predicted molar refractivity (Wildman–Crippen MR) is 83.2 cm³/mol. The molecule has 0 amide bonds. The minimum atomic E-state index is 0.579. The summed E-state index contributed by atoms with van der Waals surface area (Å²) in [6, 6.07) is 3.97. The molecule has 0 aliphatic heterocycles. The van der Waals surface area contributed by atoms with Gasteiger partial charge in [-0.3, -0.25) is 0 Å². The van der Waals surface area contributed by atoms with E-state index >= 15 is 0 Å². The van der Waals surface area contributed by atoms with Gasteiger partial charge in [0.25, 0.3) is 0 Å². The van der Waals surface area contributed by atoms with Crippen LogP contribution in [0.1, 0.15) is 18.9 Å². The Morgan fingerprint density at radius 2 is 2.21 bits per heavy atom. The van der Waals surface area contributed by atoms with Crippen molar-refractivity contribution in [1.82, 2.24) is 5.32 Å². The Balaban J connectivity index is 2.80. The van der Waals surface area contributed by atoms with Crippen LogP contribution in [0.15, 0.2) is 28.2 Å². The van der Waals surface area contributed by atoms with E-state index in [-0.39, 0.29) is 0 Å². The normalized spacial score (nSPS) is 10.3. The van der Waals surface area contributed by atoms with Crippen molar-refractivity contribution in [2.45, 2.75) is 19.9 Å². The summed E-state index contributed by atoms with van der Waals surface area (Å²) in [7, 11) is 1.64. The molecule has 0 heterocycles. The van der Waals surface area contributed by atoms with E-state index in [2.05, 4.69) is 34.7 Å². The molecule has 3 nitrogen and oxygen atoms in total. The van der Waals surface area contributed by atoms with Crippen molar-refractivity contribution in [3.8, 4) is 11.5 Å². The molecule has 1 aromatic carbocycles. The second-order valence-electron chi connectivity index (χ2n) is 4.08. The standard InChI is InChI=1S/C14H19BrClNO2/c1-4-5-19-14-12(15)6-11(7-13(14)18-3)9-17-8-10(2)16/h6-7,17H,2,4-5,8-9H2,1,3H3. The summed E-state index contributed by atoms with van der Waals surface area (Å²) < 4.78 is 11.9. The Labute approximate surface area is 128 Å². The van der Waals surface area contributed by atoms with Gasteiger partial charge in [-0.1, -0.05) is 25.1 Å². The molecule has 0 aliphatic carbocycles. The Morgan fingerprint density at radius 1 is 1.47 bits per heavy atom. The number of rotatable bonds is 8. The van der Waals surface area contributed by atoms with Gasteiger partial charge in [-0.2, -0.15) is 0 Å². The van der Waals surface area contributed by atoms with Crippen molar-refractivity contribution >= 4 is 27.5 Å². The molecule has 0 atom stereocenters. The molecule has 5 heteroatoms. The first-order chi connectivity index (χ1) is 9.08. The molecule has 1 rings (SSSR count). The quantitative estimate of drug-likeness (QED) is 0.767. The lowest BCUT2D eigenvalue weighted by atomic mass is 10.2. The minimum absolute atomic E-state index is 0.579. The van der Waals surface area contributed by atoms with E-state index in [0.29, 0.717) is 24.7 Å². The summed E-state index contributed by atoms with van der Waals surface area (Å²) in [5, 5.41) is 3.79. The zero-order chi connectivity index (χ0) is 14.3. The number of nitrogens with one attached hydrogen (secondary N) is 1. The molecule has 1 aromatic rings. The Kier molecular flexibility index (Phi) is 7.28. The summed E-state index contributed by atoms with van der Waals surface area (Å²) in [5.74, 6) is 1.47. The lowest BCUT2D eigenvalue weighted by molar-refractivity contribution is 0.292. The third kappa shape index (κ3) is 5.43. The van der Waals surface area contributed by atoms with Crippen LogP contribution in [-0.2, 0) is 6.54 Å². The first-order valence-corrected chi connectivity index (χ1v) is 7.28. The van der Waals surface area contributed by atoms with E-state index in [9.17, 15) is 0 Å². The number of hydrogen-bond acceptors (Lipinski definition) is 3.